The molecule has 2 N–H and O–H groups in total. The van der Waals surface area contributed by atoms with Crippen molar-refractivity contribution in [3.05, 3.63) is 0 Å². The van der Waals surface area contributed by atoms with Gasteiger partial charge in [0.15, 0.2) is 0 Å². The highest BCUT2D eigenvalue weighted by Gasteiger charge is 2.28. The minimum atomic E-state index is -0.0942. The summed E-state index contributed by atoms with van der Waals surface area (Å²) in [4.78, 5) is 2.66. The molecule has 0 aromatic carbocycles. The molecule has 3 nitrogen and oxygen atoms in total. The number of hydrogen-bond acceptors (Lipinski definition) is 3. The standard InChI is InChI=1S/C16H34N2O/c1-5-10-17-16(4,13-19)9-7-12-18-11-6-8-15(18)14(2)3/h14-15,17,19H,5-13H2,1-4H3. The zero-order valence-corrected chi connectivity index (χ0v) is 13.4. The summed E-state index contributed by atoms with van der Waals surface area (Å²) in [6, 6.07) is 0.781. The average molecular weight is 270 g/mol. The number of nitrogens with zero attached hydrogens (tertiary/aromatic N) is 1. The van der Waals surface area contributed by atoms with Crippen LogP contribution in [-0.2, 0) is 0 Å². The van der Waals surface area contributed by atoms with Crippen LogP contribution < -0.4 is 5.32 Å². The Bertz CT molecular complexity index is 245. The first-order valence-corrected chi connectivity index (χ1v) is 8.12. The quantitative estimate of drug-likeness (QED) is 0.676. The summed E-state index contributed by atoms with van der Waals surface area (Å²) in [7, 11) is 0. The molecule has 0 aliphatic carbocycles. The summed E-state index contributed by atoms with van der Waals surface area (Å²) < 4.78 is 0. The fourth-order valence-electron chi connectivity index (χ4n) is 3.21. The molecule has 0 radical (unpaired) electrons. The second-order valence-electron chi connectivity index (χ2n) is 6.74. The SMILES string of the molecule is CCCNC(C)(CO)CCCN1CCCC1C(C)C. The van der Waals surface area contributed by atoms with Crippen molar-refractivity contribution >= 4 is 0 Å². The van der Waals surface area contributed by atoms with Crippen LogP contribution in [0.1, 0.15) is 59.8 Å². The van der Waals surface area contributed by atoms with Gasteiger partial charge in [-0.15, -0.1) is 0 Å². The molecule has 1 aliphatic rings. The smallest absolute Gasteiger partial charge is 0.0610 e. The van der Waals surface area contributed by atoms with Crippen LogP contribution in [0.15, 0.2) is 0 Å². The maximum absolute atomic E-state index is 9.57. The van der Waals surface area contributed by atoms with E-state index in [0.717, 1.165) is 31.3 Å². The molecule has 0 saturated carbocycles. The molecule has 0 spiro atoms. The lowest BCUT2D eigenvalue weighted by Gasteiger charge is -2.32. The normalized spacial score (nSPS) is 24.0. The van der Waals surface area contributed by atoms with Crippen LogP contribution in [-0.4, -0.2) is 47.8 Å². The molecule has 0 aromatic heterocycles. The Balaban J connectivity index is 2.31. The molecule has 3 heteroatoms. The third-order valence-corrected chi connectivity index (χ3v) is 4.51. The molecule has 114 valence electrons. The Kier molecular flexibility index (Phi) is 7.33. The minimum absolute atomic E-state index is 0.0942. The Labute approximate surface area is 119 Å². The van der Waals surface area contributed by atoms with Gasteiger partial charge in [0, 0.05) is 11.6 Å². The lowest BCUT2D eigenvalue weighted by atomic mass is 9.96. The number of hydrogen-bond donors (Lipinski definition) is 2. The molecule has 0 aromatic rings. The van der Waals surface area contributed by atoms with Gasteiger partial charge < -0.3 is 15.3 Å². The van der Waals surface area contributed by atoms with Crippen molar-refractivity contribution in [2.45, 2.75) is 71.4 Å². The minimum Gasteiger partial charge on any atom is -0.394 e. The number of nitrogens with one attached hydrogen (secondary N) is 1. The van der Waals surface area contributed by atoms with Gasteiger partial charge in [-0.1, -0.05) is 20.8 Å². The lowest BCUT2D eigenvalue weighted by Crippen LogP contribution is -2.46. The van der Waals surface area contributed by atoms with Crippen molar-refractivity contribution in [2.75, 3.05) is 26.2 Å². The largest absolute Gasteiger partial charge is 0.394 e. The van der Waals surface area contributed by atoms with E-state index in [2.05, 4.69) is 37.9 Å². The van der Waals surface area contributed by atoms with Crippen molar-refractivity contribution in [3.8, 4) is 0 Å². The van der Waals surface area contributed by atoms with Crippen molar-refractivity contribution in [3.63, 3.8) is 0 Å². The van der Waals surface area contributed by atoms with E-state index in [4.69, 9.17) is 0 Å². The molecule has 19 heavy (non-hydrogen) atoms. The number of likely N-dealkylation sites (tertiary alicyclic amines) is 1. The predicted octanol–water partition coefficient (Wildman–Crippen LogP) is 2.64. The molecule has 1 saturated heterocycles. The average Bonchev–Trinajstić information content (AvgIpc) is 2.85. The van der Waals surface area contributed by atoms with Crippen LogP contribution in [0.5, 0.6) is 0 Å². The third kappa shape index (κ3) is 5.41. The Morgan fingerprint density at radius 2 is 2.16 bits per heavy atom. The maximum atomic E-state index is 9.57. The van der Waals surface area contributed by atoms with Crippen LogP contribution in [0, 0.1) is 5.92 Å². The molecule has 1 heterocycles. The molecule has 2 unspecified atom stereocenters. The van der Waals surface area contributed by atoms with E-state index in [0.29, 0.717) is 0 Å². The topological polar surface area (TPSA) is 35.5 Å². The zero-order valence-electron chi connectivity index (χ0n) is 13.4. The van der Waals surface area contributed by atoms with Crippen LogP contribution >= 0.6 is 0 Å². The van der Waals surface area contributed by atoms with Gasteiger partial charge >= 0.3 is 0 Å². The first-order chi connectivity index (χ1) is 9.02. The van der Waals surface area contributed by atoms with Crippen molar-refractivity contribution in [1.82, 2.24) is 10.2 Å². The van der Waals surface area contributed by atoms with Gasteiger partial charge in [0.25, 0.3) is 0 Å². The van der Waals surface area contributed by atoms with Gasteiger partial charge in [-0.3, -0.25) is 0 Å². The number of rotatable bonds is 9. The van der Waals surface area contributed by atoms with E-state index in [-0.39, 0.29) is 12.1 Å². The zero-order chi connectivity index (χ0) is 14.3. The van der Waals surface area contributed by atoms with E-state index >= 15 is 0 Å². The second kappa shape index (κ2) is 8.23. The molecule has 0 bridgehead atoms. The fraction of sp³-hybridized carbons (Fsp3) is 1.00. The second-order valence-corrected chi connectivity index (χ2v) is 6.74. The van der Waals surface area contributed by atoms with Crippen LogP contribution in [0.4, 0.5) is 0 Å². The summed E-state index contributed by atoms with van der Waals surface area (Å²) >= 11 is 0. The van der Waals surface area contributed by atoms with Gasteiger partial charge in [-0.05, 0) is 64.6 Å². The highest BCUT2D eigenvalue weighted by atomic mass is 16.3. The maximum Gasteiger partial charge on any atom is 0.0610 e. The predicted molar refractivity (Wildman–Crippen MR) is 82.5 cm³/mol. The molecule has 2 atom stereocenters. The van der Waals surface area contributed by atoms with E-state index in [1.807, 2.05) is 0 Å². The molecule has 1 rings (SSSR count). The molecular formula is C16H34N2O. The van der Waals surface area contributed by atoms with Crippen LogP contribution in [0.2, 0.25) is 0 Å². The van der Waals surface area contributed by atoms with Gasteiger partial charge in [0.2, 0.25) is 0 Å². The highest BCUT2D eigenvalue weighted by Crippen LogP contribution is 2.24. The van der Waals surface area contributed by atoms with Gasteiger partial charge in [-0.25, -0.2) is 0 Å². The van der Waals surface area contributed by atoms with Gasteiger partial charge in [0.1, 0.15) is 0 Å². The molecular weight excluding hydrogens is 236 g/mol. The Morgan fingerprint density at radius 3 is 2.74 bits per heavy atom. The van der Waals surface area contributed by atoms with Crippen LogP contribution in [0.25, 0.3) is 0 Å². The van der Waals surface area contributed by atoms with E-state index in [1.54, 1.807) is 0 Å². The van der Waals surface area contributed by atoms with Gasteiger partial charge in [-0.2, -0.15) is 0 Å². The lowest BCUT2D eigenvalue weighted by molar-refractivity contribution is 0.149. The number of aliphatic hydroxyl groups excluding tert-OH is 1. The summed E-state index contributed by atoms with van der Waals surface area (Å²) in [5, 5.41) is 13.1. The van der Waals surface area contributed by atoms with E-state index < -0.39 is 0 Å². The Morgan fingerprint density at radius 1 is 1.42 bits per heavy atom. The summed E-state index contributed by atoms with van der Waals surface area (Å²) in [6.45, 7) is 12.7. The number of aliphatic hydroxyl groups is 1. The molecule has 0 amide bonds. The van der Waals surface area contributed by atoms with E-state index in [9.17, 15) is 5.11 Å². The highest BCUT2D eigenvalue weighted by molar-refractivity contribution is 4.85. The van der Waals surface area contributed by atoms with Crippen LogP contribution in [0.3, 0.4) is 0 Å². The molecule has 1 aliphatic heterocycles. The van der Waals surface area contributed by atoms with Gasteiger partial charge in [0.05, 0.1) is 6.61 Å². The first kappa shape index (κ1) is 16.9. The summed E-state index contributed by atoms with van der Waals surface area (Å²) in [5.41, 5.74) is -0.0942. The molecule has 1 fully saturated rings. The summed E-state index contributed by atoms with van der Waals surface area (Å²) in [5.74, 6) is 0.768. The first-order valence-electron chi connectivity index (χ1n) is 8.12. The Hall–Kier alpha value is -0.120. The monoisotopic (exact) mass is 270 g/mol. The third-order valence-electron chi connectivity index (χ3n) is 4.51. The van der Waals surface area contributed by atoms with Crippen molar-refractivity contribution in [2.24, 2.45) is 5.92 Å². The van der Waals surface area contributed by atoms with Crippen molar-refractivity contribution < 1.29 is 5.11 Å². The summed E-state index contributed by atoms with van der Waals surface area (Å²) in [6.07, 6.45) is 6.08. The fourth-order valence-corrected chi connectivity index (χ4v) is 3.21. The van der Waals surface area contributed by atoms with E-state index in [1.165, 1.54) is 32.4 Å². The van der Waals surface area contributed by atoms with Crippen molar-refractivity contribution in [1.29, 1.82) is 0 Å².